The number of rotatable bonds is 3. The van der Waals surface area contributed by atoms with Crippen molar-refractivity contribution in [3.63, 3.8) is 0 Å². The van der Waals surface area contributed by atoms with Gasteiger partial charge in [0.05, 0.1) is 0 Å². The minimum absolute atomic E-state index is 0.105. The normalized spacial score (nSPS) is 19.4. The first-order chi connectivity index (χ1) is 15.3. The summed E-state index contributed by atoms with van der Waals surface area (Å²) in [5.41, 5.74) is 1.70. The van der Waals surface area contributed by atoms with E-state index in [2.05, 4.69) is 42.5 Å². The van der Waals surface area contributed by atoms with E-state index >= 15 is 0 Å². The molecule has 1 amide bonds. The highest BCUT2D eigenvalue weighted by atomic mass is 19.1. The van der Waals surface area contributed by atoms with Crippen LogP contribution in [0.15, 0.2) is 72.8 Å². The Morgan fingerprint density at radius 3 is 2.47 bits per heavy atom. The van der Waals surface area contributed by atoms with Crippen molar-refractivity contribution in [3.05, 3.63) is 89.8 Å². The van der Waals surface area contributed by atoms with Crippen LogP contribution in [0.25, 0.3) is 16.8 Å². The van der Waals surface area contributed by atoms with Crippen LogP contribution in [0.5, 0.6) is 0 Å². The highest BCUT2D eigenvalue weighted by Gasteiger charge is 2.33. The summed E-state index contributed by atoms with van der Waals surface area (Å²) in [7, 11) is 0. The van der Waals surface area contributed by atoms with E-state index in [9.17, 15) is 9.18 Å². The molecule has 3 aromatic rings. The summed E-state index contributed by atoms with van der Waals surface area (Å²) in [6.07, 6.45) is 4.84. The van der Waals surface area contributed by atoms with Gasteiger partial charge in [0, 0.05) is 19.0 Å². The van der Waals surface area contributed by atoms with Crippen LogP contribution in [-0.4, -0.2) is 29.7 Å². The Balaban J connectivity index is 1.59. The molecule has 0 radical (unpaired) electrons. The molecule has 4 heteroatoms. The number of amides is 1. The number of halogens is 1. The van der Waals surface area contributed by atoms with Crippen LogP contribution in [0.1, 0.15) is 44.2 Å². The van der Waals surface area contributed by atoms with Crippen LogP contribution >= 0.6 is 0 Å². The zero-order valence-corrected chi connectivity index (χ0v) is 18.9. The van der Waals surface area contributed by atoms with E-state index in [0.717, 1.165) is 17.5 Å². The summed E-state index contributed by atoms with van der Waals surface area (Å²) < 4.78 is 19.1. The van der Waals surface area contributed by atoms with Gasteiger partial charge in [-0.25, -0.2) is 9.18 Å². The third kappa shape index (κ3) is 5.37. The summed E-state index contributed by atoms with van der Waals surface area (Å²) in [4.78, 5) is 14.5. The highest BCUT2D eigenvalue weighted by Crippen LogP contribution is 2.35. The first-order valence-corrected chi connectivity index (χ1v) is 11.2. The molecule has 2 unspecified atom stereocenters. The van der Waals surface area contributed by atoms with E-state index < -0.39 is 5.60 Å². The van der Waals surface area contributed by atoms with Crippen molar-refractivity contribution in [2.75, 3.05) is 13.1 Å². The van der Waals surface area contributed by atoms with Crippen molar-refractivity contribution in [2.24, 2.45) is 5.92 Å². The first-order valence-electron chi connectivity index (χ1n) is 11.2. The minimum atomic E-state index is -0.526. The summed E-state index contributed by atoms with van der Waals surface area (Å²) in [5, 5.41) is 2.41. The second-order valence-corrected chi connectivity index (χ2v) is 9.50. The van der Waals surface area contributed by atoms with Crippen LogP contribution in [0.3, 0.4) is 0 Å². The zero-order valence-electron chi connectivity index (χ0n) is 18.9. The predicted octanol–water partition coefficient (Wildman–Crippen LogP) is 7.03. The molecule has 0 bridgehead atoms. The fourth-order valence-electron chi connectivity index (χ4n) is 4.34. The van der Waals surface area contributed by atoms with E-state index in [0.29, 0.717) is 13.1 Å². The van der Waals surface area contributed by atoms with Gasteiger partial charge in [0.1, 0.15) is 11.4 Å². The van der Waals surface area contributed by atoms with Gasteiger partial charge in [0.2, 0.25) is 0 Å². The third-order valence-electron chi connectivity index (χ3n) is 5.92. The number of carbonyl (C=O) groups excluding carboxylic acids is 1. The number of piperidine rings is 1. The van der Waals surface area contributed by atoms with Crippen LogP contribution in [0.4, 0.5) is 9.18 Å². The van der Waals surface area contributed by atoms with E-state index in [1.54, 1.807) is 4.90 Å². The lowest BCUT2D eigenvalue weighted by molar-refractivity contribution is 0.0170. The number of ether oxygens (including phenoxy) is 1. The molecule has 1 saturated heterocycles. The second kappa shape index (κ2) is 9.15. The molecule has 3 nitrogen and oxygen atoms in total. The lowest BCUT2D eigenvalue weighted by atomic mass is 9.80. The molecule has 1 aliphatic heterocycles. The molecule has 0 N–H and O–H groups in total. The second-order valence-electron chi connectivity index (χ2n) is 9.50. The summed E-state index contributed by atoms with van der Waals surface area (Å²) >= 11 is 0. The number of hydrogen-bond donors (Lipinski definition) is 0. The van der Waals surface area contributed by atoms with Crippen molar-refractivity contribution >= 4 is 22.9 Å². The number of fused-ring (bicyclic) bond motifs is 1. The summed E-state index contributed by atoms with van der Waals surface area (Å²) in [6, 6.07) is 21.5. The van der Waals surface area contributed by atoms with Crippen molar-refractivity contribution in [1.82, 2.24) is 4.90 Å². The van der Waals surface area contributed by atoms with Gasteiger partial charge < -0.3 is 9.64 Å². The first kappa shape index (κ1) is 22.1. The molecule has 1 heterocycles. The SMILES string of the molecule is CC(C)(C)OC(=O)N1CCC(c2ccc(F)cc2)C(C=Cc2ccc3ccccc3c2)C1. The van der Waals surface area contributed by atoms with Gasteiger partial charge in [0.25, 0.3) is 0 Å². The molecular formula is C28H30FNO2. The molecule has 2 atom stereocenters. The number of hydrogen-bond acceptors (Lipinski definition) is 2. The van der Waals surface area contributed by atoms with Gasteiger partial charge in [-0.1, -0.05) is 60.7 Å². The third-order valence-corrected chi connectivity index (χ3v) is 5.92. The van der Waals surface area contributed by atoms with Crippen LogP contribution < -0.4 is 0 Å². The van der Waals surface area contributed by atoms with Crippen LogP contribution in [0, 0.1) is 11.7 Å². The molecule has 1 aliphatic rings. The van der Waals surface area contributed by atoms with Crippen molar-refractivity contribution in [3.8, 4) is 0 Å². The van der Waals surface area contributed by atoms with Gasteiger partial charge in [-0.3, -0.25) is 0 Å². The maximum absolute atomic E-state index is 13.5. The maximum Gasteiger partial charge on any atom is 0.410 e. The molecule has 0 spiro atoms. The largest absolute Gasteiger partial charge is 0.444 e. The number of likely N-dealkylation sites (tertiary alicyclic amines) is 1. The smallest absolute Gasteiger partial charge is 0.410 e. The lowest BCUT2D eigenvalue weighted by Gasteiger charge is -2.38. The zero-order chi connectivity index (χ0) is 22.7. The number of benzene rings is 3. The van der Waals surface area contributed by atoms with E-state index in [-0.39, 0.29) is 23.7 Å². The molecule has 0 aromatic heterocycles. The van der Waals surface area contributed by atoms with Crippen LogP contribution in [-0.2, 0) is 4.74 Å². The summed E-state index contributed by atoms with van der Waals surface area (Å²) in [6.45, 7) is 6.84. The quantitative estimate of drug-likeness (QED) is 0.445. The topological polar surface area (TPSA) is 29.5 Å². The Bertz CT molecular complexity index is 1110. The Kier molecular flexibility index (Phi) is 6.31. The molecule has 0 saturated carbocycles. The van der Waals surface area contributed by atoms with Gasteiger partial charge >= 0.3 is 6.09 Å². The molecule has 3 aromatic carbocycles. The maximum atomic E-state index is 13.5. The lowest BCUT2D eigenvalue weighted by Crippen LogP contribution is -2.44. The van der Waals surface area contributed by atoms with Crippen LogP contribution in [0.2, 0.25) is 0 Å². The van der Waals surface area contributed by atoms with Gasteiger partial charge in [-0.2, -0.15) is 0 Å². The summed E-state index contributed by atoms with van der Waals surface area (Å²) in [5.74, 6) is 0.0855. The fourth-order valence-corrected chi connectivity index (χ4v) is 4.34. The Hall–Kier alpha value is -3.14. The molecule has 1 fully saturated rings. The van der Waals surface area contributed by atoms with Gasteiger partial charge in [-0.15, -0.1) is 0 Å². The molecule has 4 rings (SSSR count). The van der Waals surface area contributed by atoms with E-state index in [4.69, 9.17) is 4.74 Å². The van der Waals surface area contributed by atoms with E-state index in [1.165, 1.54) is 22.9 Å². The Morgan fingerprint density at radius 1 is 1.03 bits per heavy atom. The Labute approximate surface area is 189 Å². The number of nitrogens with zero attached hydrogens (tertiary/aromatic N) is 1. The Morgan fingerprint density at radius 2 is 1.75 bits per heavy atom. The molecule has 32 heavy (non-hydrogen) atoms. The predicted molar refractivity (Wildman–Crippen MR) is 128 cm³/mol. The van der Waals surface area contributed by atoms with Crippen molar-refractivity contribution in [2.45, 2.75) is 38.7 Å². The fraction of sp³-hybridized carbons (Fsp3) is 0.321. The van der Waals surface area contributed by atoms with E-state index in [1.807, 2.05) is 45.0 Å². The average molecular weight is 432 g/mol. The average Bonchev–Trinajstić information content (AvgIpc) is 2.77. The molecule has 166 valence electrons. The van der Waals surface area contributed by atoms with Gasteiger partial charge in [-0.05, 0) is 73.2 Å². The minimum Gasteiger partial charge on any atom is -0.444 e. The van der Waals surface area contributed by atoms with Crippen molar-refractivity contribution in [1.29, 1.82) is 0 Å². The standard InChI is InChI=1S/C28H30FNO2/c1-28(2,3)32-27(31)30-17-16-26(22-12-14-25(29)15-13-22)24(19-30)11-9-20-8-10-21-6-4-5-7-23(21)18-20/h4-15,18,24,26H,16-17,19H2,1-3H3. The number of carbonyl (C=O) groups is 1. The highest BCUT2D eigenvalue weighted by molar-refractivity contribution is 5.84. The molecule has 0 aliphatic carbocycles. The monoisotopic (exact) mass is 431 g/mol. The van der Waals surface area contributed by atoms with Gasteiger partial charge in [0.15, 0.2) is 0 Å². The molecular weight excluding hydrogens is 401 g/mol. The van der Waals surface area contributed by atoms with Crippen molar-refractivity contribution < 1.29 is 13.9 Å².